The van der Waals surface area contributed by atoms with Gasteiger partial charge >= 0.3 is 0 Å². The number of nitriles is 1. The standard InChI is InChI=1S/C12H12BrNO2/c1-16-11-5-8(9(13)6-10(11)15)12(7-14)3-2-4-12/h5-6,15H,2-4H2,1H3. The Morgan fingerprint density at radius 2 is 2.19 bits per heavy atom. The first kappa shape index (κ1) is 11.3. The number of methoxy groups -OCH3 is 1. The van der Waals surface area contributed by atoms with Crippen molar-refractivity contribution in [1.29, 1.82) is 5.26 Å². The van der Waals surface area contributed by atoms with Gasteiger partial charge in [-0.15, -0.1) is 0 Å². The van der Waals surface area contributed by atoms with Crippen LogP contribution < -0.4 is 4.74 Å². The van der Waals surface area contributed by atoms with Crippen molar-refractivity contribution < 1.29 is 9.84 Å². The number of phenols is 1. The van der Waals surface area contributed by atoms with E-state index in [2.05, 4.69) is 22.0 Å². The highest BCUT2D eigenvalue weighted by molar-refractivity contribution is 9.10. The molecule has 3 nitrogen and oxygen atoms in total. The third kappa shape index (κ3) is 1.56. The molecule has 1 aromatic carbocycles. The van der Waals surface area contributed by atoms with Crippen molar-refractivity contribution >= 4 is 15.9 Å². The predicted molar refractivity (Wildman–Crippen MR) is 63.5 cm³/mol. The summed E-state index contributed by atoms with van der Waals surface area (Å²) < 4.78 is 5.84. The lowest BCUT2D eigenvalue weighted by atomic mass is 9.65. The van der Waals surface area contributed by atoms with Crippen LogP contribution in [0.2, 0.25) is 0 Å². The van der Waals surface area contributed by atoms with E-state index >= 15 is 0 Å². The molecule has 0 bridgehead atoms. The topological polar surface area (TPSA) is 53.2 Å². The average Bonchev–Trinajstić information content (AvgIpc) is 2.20. The molecule has 0 spiro atoms. The number of ether oxygens (including phenoxy) is 1. The molecule has 1 saturated carbocycles. The van der Waals surface area contributed by atoms with E-state index in [4.69, 9.17) is 4.74 Å². The molecular formula is C12H12BrNO2. The number of benzene rings is 1. The van der Waals surface area contributed by atoms with Crippen LogP contribution in [0.25, 0.3) is 0 Å². The van der Waals surface area contributed by atoms with Crippen molar-refractivity contribution in [3.63, 3.8) is 0 Å². The second-order valence-corrected chi connectivity index (χ2v) is 4.91. The lowest BCUT2D eigenvalue weighted by Gasteiger charge is -2.36. The van der Waals surface area contributed by atoms with Crippen molar-refractivity contribution in [2.75, 3.05) is 7.11 Å². The number of hydrogen-bond acceptors (Lipinski definition) is 3. The van der Waals surface area contributed by atoms with Gasteiger partial charge in [-0.2, -0.15) is 5.26 Å². The molecule has 1 N–H and O–H groups in total. The first-order valence-corrected chi connectivity index (χ1v) is 5.90. The molecule has 0 unspecified atom stereocenters. The van der Waals surface area contributed by atoms with Crippen LogP contribution in [-0.4, -0.2) is 12.2 Å². The van der Waals surface area contributed by atoms with Gasteiger partial charge in [0.25, 0.3) is 0 Å². The Bertz CT molecular complexity index is 461. The lowest BCUT2D eigenvalue weighted by Crippen LogP contribution is -2.32. The van der Waals surface area contributed by atoms with Crippen LogP contribution in [0.3, 0.4) is 0 Å². The molecule has 0 aliphatic heterocycles. The van der Waals surface area contributed by atoms with Crippen molar-refractivity contribution in [2.45, 2.75) is 24.7 Å². The summed E-state index contributed by atoms with van der Waals surface area (Å²) >= 11 is 3.40. The third-order valence-electron chi connectivity index (χ3n) is 3.21. The maximum atomic E-state index is 9.61. The molecule has 0 heterocycles. The van der Waals surface area contributed by atoms with Gasteiger partial charge in [-0.05, 0) is 37.0 Å². The maximum Gasteiger partial charge on any atom is 0.160 e. The Kier molecular flexibility index (Phi) is 2.81. The number of hydrogen-bond donors (Lipinski definition) is 1. The fourth-order valence-electron chi connectivity index (χ4n) is 2.04. The summed E-state index contributed by atoms with van der Waals surface area (Å²) in [5.74, 6) is 0.505. The number of rotatable bonds is 2. The zero-order valence-electron chi connectivity index (χ0n) is 8.96. The second-order valence-electron chi connectivity index (χ2n) is 4.05. The summed E-state index contributed by atoms with van der Waals surface area (Å²) in [6.07, 6.45) is 2.81. The molecule has 0 aromatic heterocycles. The fourth-order valence-corrected chi connectivity index (χ4v) is 2.76. The van der Waals surface area contributed by atoms with E-state index < -0.39 is 5.41 Å². The van der Waals surface area contributed by atoms with Crippen LogP contribution in [0.15, 0.2) is 16.6 Å². The molecule has 2 rings (SSSR count). The fraction of sp³-hybridized carbons (Fsp3) is 0.417. The van der Waals surface area contributed by atoms with Gasteiger partial charge in [0.2, 0.25) is 0 Å². The second kappa shape index (κ2) is 3.99. The number of phenolic OH excluding ortho intramolecular Hbond substituents is 1. The first-order valence-electron chi connectivity index (χ1n) is 5.11. The molecule has 0 saturated heterocycles. The summed E-state index contributed by atoms with van der Waals surface area (Å²) in [6.45, 7) is 0. The Morgan fingerprint density at radius 3 is 2.62 bits per heavy atom. The van der Waals surface area contributed by atoms with Gasteiger partial charge < -0.3 is 9.84 Å². The summed E-state index contributed by atoms with van der Waals surface area (Å²) in [5.41, 5.74) is 0.510. The van der Waals surface area contributed by atoms with Gasteiger partial charge in [-0.1, -0.05) is 15.9 Å². The van der Waals surface area contributed by atoms with Gasteiger partial charge in [0.05, 0.1) is 18.6 Å². The van der Waals surface area contributed by atoms with E-state index in [1.807, 2.05) is 0 Å². The van der Waals surface area contributed by atoms with E-state index in [1.165, 1.54) is 7.11 Å². The molecule has 1 fully saturated rings. The number of aromatic hydroxyl groups is 1. The zero-order chi connectivity index (χ0) is 11.8. The van der Waals surface area contributed by atoms with Crippen molar-refractivity contribution in [3.8, 4) is 17.6 Å². The lowest BCUT2D eigenvalue weighted by molar-refractivity contribution is 0.318. The average molecular weight is 282 g/mol. The highest BCUT2D eigenvalue weighted by Gasteiger charge is 2.40. The molecular weight excluding hydrogens is 270 g/mol. The quantitative estimate of drug-likeness (QED) is 0.906. The van der Waals surface area contributed by atoms with E-state index in [9.17, 15) is 10.4 Å². The molecule has 0 amide bonds. The van der Waals surface area contributed by atoms with E-state index in [0.29, 0.717) is 5.75 Å². The van der Waals surface area contributed by atoms with Gasteiger partial charge in [0.15, 0.2) is 11.5 Å². The Morgan fingerprint density at radius 1 is 1.50 bits per heavy atom. The minimum Gasteiger partial charge on any atom is -0.504 e. The SMILES string of the molecule is COc1cc(C2(C#N)CCC2)c(Br)cc1O. The molecule has 84 valence electrons. The summed E-state index contributed by atoms with van der Waals surface area (Å²) in [6, 6.07) is 5.72. The molecule has 0 radical (unpaired) electrons. The molecule has 1 aliphatic rings. The van der Waals surface area contributed by atoms with E-state index in [1.54, 1.807) is 12.1 Å². The van der Waals surface area contributed by atoms with Crippen LogP contribution in [0.1, 0.15) is 24.8 Å². The highest BCUT2D eigenvalue weighted by Crippen LogP contribution is 2.48. The zero-order valence-corrected chi connectivity index (χ0v) is 10.5. The summed E-state index contributed by atoms with van der Waals surface area (Å²) in [7, 11) is 1.51. The molecule has 1 aromatic rings. The van der Waals surface area contributed by atoms with Gasteiger partial charge in [0.1, 0.15) is 0 Å². The number of halogens is 1. The third-order valence-corrected chi connectivity index (χ3v) is 3.86. The van der Waals surface area contributed by atoms with Crippen LogP contribution in [0.4, 0.5) is 0 Å². The molecule has 1 aliphatic carbocycles. The maximum absolute atomic E-state index is 9.61. The molecule has 16 heavy (non-hydrogen) atoms. The molecule has 0 atom stereocenters. The van der Waals surface area contributed by atoms with Gasteiger partial charge in [0, 0.05) is 4.47 Å². The van der Waals surface area contributed by atoms with Gasteiger partial charge in [-0.25, -0.2) is 0 Å². The minimum absolute atomic E-state index is 0.0885. The first-order chi connectivity index (χ1) is 7.63. The van der Waals surface area contributed by atoms with Crippen LogP contribution in [-0.2, 0) is 5.41 Å². The van der Waals surface area contributed by atoms with Crippen LogP contribution in [0.5, 0.6) is 11.5 Å². The van der Waals surface area contributed by atoms with Crippen molar-refractivity contribution in [3.05, 3.63) is 22.2 Å². The van der Waals surface area contributed by atoms with Crippen molar-refractivity contribution in [2.24, 2.45) is 0 Å². The highest BCUT2D eigenvalue weighted by atomic mass is 79.9. The normalized spacial score (nSPS) is 17.3. The largest absolute Gasteiger partial charge is 0.504 e. The van der Waals surface area contributed by atoms with E-state index in [0.717, 1.165) is 29.3 Å². The number of nitrogens with zero attached hydrogens (tertiary/aromatic N) is 1. The van der Waals surface area contributed by atoms with E-state index in [-0.39, 0.29) is 5.75 Å². The van der Waals surface area contributed by atoms with Gasteiger partial charge in [-0.3, -0.25) is 0 Å². The summed E-state index contributed by atoms with van der Waals surface area (Å²) in [5, 5.41) is 18.9. The summed E-state index contributed by atoms with van der Waals surface area (Å²) in [4.78, 5) is 0. The van der Waals surface area contributed by atoms with Crippen LogP contribution >= 0.6 is 15.9 Å². The minimum atomic E-state index is -0.403. The molecule has 4 heteroatoms. The smallest absolute Gasteiger partial charge is 0.160 e. The monoisotopic (exact) mass is 281 g/mol. The Hall–Kier alpha value is -1.21. The predicted octanol–water partition coefficient (Wildman–Crippen LogP) is 3.11. The Balaban J connectivity index is 2.53. The van der Waals surface area contributed by atoms with Crippen molar-refractivity contribution in [1.82, 2.24) is 0 Å². The Labute approximate surface area is 103 Å². The van der Waals surface area contributed by atoms with Crippen LogP contribution in [0, 0.1) is 11.3 Å².